The fourth-order valence-corrected chi connectivity index (χ4v) is 8.97. The van der Waals surface area contributed by atoms with Gasteiger partial charge in [0, 0.05) is 71.4 Å². The van der Waals surface area contributed by atoms with Crippen molar-refractivity contribution in [1.82, 2.24) is 19.4 Å². The maximum absolute atomic E-state index is 15.5. The molecule has 0 saturated carbocycles. The molecule has 1 amide bonds. The van der Waals surface area contributed by atoms with Crippen LogP contribution in [-0.2, 0) is 17.5 Å². The zero-order valence-electron chi connectivity index (χ0n) is 28.1. The minimum absolute atomic E-state index is 0.0135. The highest BCUT2D eigenvalue weighted by Crippen LogP contribution is 2.52. The Morgan fingerprint density at radius 2 is 1.63 bits per heavy atom. The number of likely N-dealkylation sites (tertiary alicyclic amines) is 1. The van der Waals surface area contributed by atoms with Crippen molar-refractivity contribution in [3.63, 3.8) is 0 Å². The summed E-state index contributed by atoms with van der Waals surface area (Å²) in [6.45, 7) is 7.10. The quantitative estimate of drug-likeness (QED) is 0.199. The summed E-state index contributed by atoms with van der Waals surface area (Å²) in [4.78, 5) is 35.4. The summed E-state index contributed by atoms with van der Waals surface area (Å²) in [5, 5.41) is -0.738. The van der Waals surface area contributed by atoms with Gasteiger partial charge in [0.15, 0.2) is 0 Å². The van der Waals surface area contributed by atoms with Crippen LogP contribution in [0.15, 0.2) is 27.9 Å². The van der Waals surface area contributed by atoms with E-state index in [1.54, 1.807) is 39.5 Å². The number of piperazine rings is 1. The number of amides is 1. The Morgan fingerprint density at radius 3 is 2.20 bits per heavy atom. The minimum Gasteiger partial charge on any atom is -0.444 e. The Morgan fingerprint density at radius 1 is 1.00 bits per heavy atom. The van der Waals surface area contributed by atoms with Crippen LogP contribution in [0.3, 0.4) is 0 Å². The first-order chi connectivity index (χ1) is 23.5. The molecule has 0 unspecified atom stereocenters. The molecule has 2 atom stereocenters. The number of benzene rings is 2. The summed E-state index contributed by atoms with van der Waals surface area (Å²) in [5.41, 5.74) is -5.28. The second-order valence-electron chi connectivity index (χ2n) is 14.6. The summed E-state index contributed by atoms with van der Waals surface area (Å²) < 4.78 is 121. The van der Waals surface area contributed by atoms with Gasteiger partial charge in [-0.25, -0.2) is 18.4 Å². The zero-order valence-corrected chi connectivity index (χ0v) is 29.7. The first-order valence-electron chi connectivity index (χ1n) is 16.0. The van der Waals surface area contributed by atoms with Gasteiger partial charge < -0.3 is 9.64 Å². The number of hydrogen-bond acceptors (Lipinski definition) is 7. The fraction of sp³-hybridized carbons (Fsp3) is 0.545. The average molecular weight is 768 g/mol. The van der Waals surface area contributed by atoms with Gasteiger partial charge in [0.25, 0.3) is 0 Å². The smallest absolute Gasteiger partial charge is 0.417 e. The molecule has 0 radical (unpaired) electrons. The molecule has 6 rings (SSSR count). The maximum atomic E-state index is 15.5. The van der Waals surface area contributed by atoms with Crippen LogP contribution in [0.4, 0.5) is 45.7 Å². The van der Waals surface area contributed by atoms with Gasteiger partial charge in [-0.2, -0.15) is 31.3 Å². The molecule has 2 fully saturated rings. The van der Waals surface area contributed by atoms with E-state index >= 15 is 17.6 Å². The van der Waals surface area contributed by atoms with Crippen molar-refractivity contribution in [2.45, 2.75) is 76.1 Å². The normalized spacial score (nSPS) is 21.2. The van der Waals surface area contributed by atoms with Crippen LogP contribution in [0, 0.1) is 17.0 Å². The summed E-state index contributed by atoms with van der Waals surface area (Å²) in [6.07, 6.45) is -10.2. The van der Waals surface area contributed by atoms with Crippen molar-refractivity contribution in [3.8, 4) is 11.1 Å². The van der Waals surface area contributed by atoms with Crippen LogP contribution in [-0.4, -0.2) is 87.8 Å². The zero-order chi connectivity index (χ0) is 37.6. The SMILES string of the molecule is C[C@@H]1CN(c2nc(=O)n3c4c(c(-c5cc(Cl)c(F)cc5F)c(C(F)(F)F)cc24)SCC2(CN(CC(F)(F)F)C2)C3)C[C@H](C)N1C(=O)OC(C)(C)C. The lowest BCUT2D eigenvalue weighted by molar-refractivity contribution is -0.168. The average Bonchev–Trinajstić information content (AvgIpc) is 3.13. The van der Waals surface area contributed by atoms with Gasteiger partial charge in [0.2, 0.25) is 0 Å². The molecule has 3 aromatic rings. The standard InChI is InChI=1S/C33H34ClF8N5O3S/c1-16-9-45(10-17(2)47(16)29(49)50-30(3,4)5)27-19-6-20(33(40,41)42)24(18-7-21(34)23(36)8-22(18)35)26-25(19)46(28(48)43-27)13-31(15-51-26)11-44(12-31)14-32(37,38)39/h6-8,16-17H,9-15H2,1-5H3/t16-,17+. The van der Waals surface area contributed by atoms with Gasteiger partial charge >= 0.3 is 24.1 Å². The van der Waals surface area contributed by atoms with Crippen molar-refractivity contribution in [1.29, 1.82) is 0 Å². The molecule has 3 aliphatic rings. The number of hydrogen-bond donors (Lipinski definition) is 0. The van der Waals surface area contributed by atoms with Gasteiger partial charge in [-0.15, -0.1) is 11.8 Å². The molecule has 51 heavy (non-hydrogen) atoms. The number of aromatic nitrogens is 2. The highest BCUT2D eigenvalue weighted by Gasteiger charge is 2.49. The van der Waals surface area contributed by atoms with E-state index in [-0.39, 0.29) is 60.1 Å². The van der Waals surface area contributed by atoms with E-state index in [1.165, 1.54) is 4.90 Å². The lowest BCUT2D eigenvalue weighted by Crippen LogP contribution is -2.61. The fourth-order valence-electron chi connectivity index (χ4n) is 7.36. The lowest BCUT2D eigenvalue weighted by atomic mass is 9.81. The molecule has 0 aliphatic carbocycles. The third kappa shape index (κ3) is 7.21. The van der Waals surface area contributed by atoms with Crippen molar-refractivity contribution < 1.29 is 44.7 Å². The Hall–Kier alpha value is -3.31. The number of thioether (sulfide) groups is 1. The van der Waals surface area contributed by atoms with E-state index in [4.69, 9.17) is 16.3 Å². The van der Waals surface area contributed by atoms with Gasteiger partial charge in [0.1, 0.15) is 23.1 Å². The molecule has 4 heterocycles. The molecule has 1 spiro atoms. The first kappa shape index (κ1) is 37.4. The van der Waals surface area contributed by atoms with E-state index in [0.29, 0.717) is 6.07 Å². The van der Waals surface area contributed by atoms with Gasteiger partial charge in [0.05, 0.1) is 34.7 Å². The second-order valence-corrected chi connectivity index (χ2v) is 16.0. The third-order valence-corrected chi connectivity index (χ3v) is 10.9. The van der Waals surface area contributed by atoms with Crippen LogP contribution in [0.5, 0.6) is 0 Å². The van der Waals surface area contributed by atoms with E-state index in [1.807, 2.05) is 0 Å². The molecule has 18 heteroatoms. The maximum Gasteiger partial charge on any atom is 0.417 e. The molecular formula is C33H34ClF8N5O3S. The van der Waals surface area contributed by atoms with Crippen LogP contribution < -0.4 is 10.6 Å². The Labute approximate surface area is 296 Å². The Kier molecular flexibility index (Phi) is 9.31. The number of alkyl halides is 6. The van der Waals surface area contributed by atoms with Gasteiger partial charge in [-0.05, 0) is 46.8 Å². The van der Waals surface area contributed by atoms with Crippen LogP contribution in [0.2, 0.25) is 5.02 Å². The van der Waals surface area contributed by atoms with Crippen LogP contribution in [0.1, 0.15) is 40.2 Å². The molecular weight excluding hydrogens is 734 g/mol. The van der Waals surface area contributed by atoms with E-state index in [0.717, 1.165) is 33.4 Å². The number of ether oxygens (including phenoxy) is 1. The number of anilines is 1. The monoisotopic (exact) mass is 767 g/mol. The molecule has 3 aliphatic heterocycles. The number of carbonyl (C=O) groups excluding carboxylic acids is 1. The van der Waals surface area contributed by atoms with Crippen molar-refractivity contribution in [2.24, 2.45) is 5.41 Å². The Balaban J connectivity index is 1.55. The summed E-state index contributed by atoms with van der Waals surface area (Å²) in [5.74, 6) is -2.64. The predicted octanol–water partition coefficient (Wildman–Crippen LogP) is 7.82. The summed E-state index contributed by atoms with van der Waals surface area (Å²) in [7, 11) is 0. The van der Waals surface area contributed by atoms with Gasteiger partial charge in [-0.3, -0.25) is 14.4 Å². The first-order valence-corrected chi connectivity index (χ1v) is 17.4. The van der Waals surface area contributed by atoms with Crippen LogP contribution >= 0.6 is 23.4 Å². The summed E-state index contributed by atoms with van der Waals surface area (Å²) in [6, 6.07) is 0.812. The number of halogens is 9. The van der Waals surface area contributed by atoms with E-state index < -0.39 is 87.1 Å². The highest BCUT2D eigenvalue weighted by atomic mass is 35.5. The molecule has 0 bridgehead atoms. The largest absolute Gasteiger partial charge is 0.444 e. The van der Waals surface area contributed by atoms with E-state index in [9.17, 15) is 27.2 Å². The van der Waals surface area contributed by atoms with E-state index in [2.05, 4.69) is 4.98 Å². The second kappa shape index (κ2) is 12.7. The lowest BCUT2D eigenvalue weighted by Gasteiger charge is -2.50. The van der Waals surface area contributed by atoms with Crippen LogP contribution in [0.25, 0.3) is 22.0 Å². The number of nitrogens with zero attached hydrogens (tertiary/aromatic N) is 5. The highest BCUT2D eigenvalue weighted by molar-refractivity contribution is 7.99. The number of rotatable bonds is 3. The molecule has 8 nitrogen and oxygen atoms in total. The van der Waals surface area contributed by atoms with Gasteiger partial charge in [-0.1, -0.05) is 11.6 Å². The third-order valence-electron chi connectivity index (χ3n) is 9.14. The van der Waals surface area contributed by atoms with Crippen molar-refractivity contribution in [3.05, 3.63) is 50.9 Å². The minimum atomic E-state index is -5.11. The molecule has 278 valence electrons. The molecule has 2 saturated heterocycles. The molecule has 1 aromatic heterocycles. The predicted molar refractivity (Wildman–Crippen MR) is 176 cm³/mol. The number of carbonyl (C=O) groups is 1. The van der Waals surface area contributed by atoms with Crippen molar-refractivity contribution >= 4 is 46.2 Å². The summed E-state index contributed by atoms with van der Waals surface area (Å²) >= 11 is 6.82. The Bertz CT molecular complexity index is 1950. The van der Waals surface area contributed by atoms with Crippen molar-refractivity contribution in [2.75, 3.05) is 43.4 Å². The molecule has 0 N–H and O–H groups in total. The topological polar surface area (TPSA) is 70.9 Å². The molecule has 2 aromatic carbocycles.